The minimum atomic E-state index is 0.596. The van der Waals surface area contributed by atoms with Crippen LogP contribution in [0.15, 0.2) is 24.4 Å². The molecule has 2 N–H and O–H groups in total. The lowest BCUT2D eigenvalue weighted by Crippen LogP contribution is -2.27. The maximum absolute atomic E-state index is 5.59. The molecule has 104 valence electrons. The Kier molecular flexibility index (Phi) is 2.96. The number of aromatic nitrogens is 2. The van der Waals surface area contributed by atoms with E-state index < -0.39 is 0 Å². The van der Waals surface area contributed by atoms with Gasteiger partial charge in [0.2, 0.25) is 0 Å². The molecule has 0 aliphatic carbocycles. The van der Waals surface area contributed by atoms with E-state index in [4.69, 9.17) is 4.74 Å². The number of nitrogens with zero attached hydrogens (tertiary/aromatic N) is 1. The first-order chi connectivity index (χ1) is 9.92. The van der Waals surface area contributed by atoms with Crippen LogP contribution in [0, 0.1) is 0 Å². The quantitative estimate of drug-likeness (QED) is 0.880. The second kappa shape index (κ2) is 4.94. The second-order valence-electron chi connectivity index (χ2n) is 5.64. The van der Waals surface area contributed by atoms with Gasteiger partial charge in [-0.2, -0.15) is 5.10 Å². The van der Waals surface area contributed by atoms with Crippen LogP contribution >= 0.6 is 0 Å². The van der Waals surface area contributed by atoms with Crippen molar-refractivity contribution in [3.05, 3.63) is 35.7 Å². The molecule has 0 amide bonds. The lowest BCUT2D eigenvalue weighted by Gasteiger charge is -2.22. The molecule has 4 rings (SSSR count). The van der Waals surface area contributed by atoms with Crippen molar-refractivity contribution in [3.63, 3.8) is 0 Å². The summed E-state index contributed by atoms with van der Waals surface area (Å²) in [5.41, 5.74) is 5.13. The van der Waals surface area contributed by atoms with Crippen molar-refractivity contribution in [2.24, 2.45) is 0 Å². The minimum Gasteiger partial charge on any atom is -0.493 e. The van der Waals surface area contributed by atoms with Crippen LogP contribution in [0.2, 0.25) is 0 Å². The summed E-state index contributed by atoms with van der Waals surface area (Å²) in [5, 5.41) is 10.9. The van der Waals surface area contributed by atoms with E-state index in [1.54, 1.807) is 0 Å². The normalized spacial score (nSPS) is 18.8. The third kappa shape index (κ3) is 2.00. The van der Waals surface area contributed by atoms with Crippen molar-refractivity contribution in [1.82, 2.24) is 15.5 Å². The predicted octanol–water partition coefficient (Wildman–Crippen LogP) is 2.48. The molecule has 3 heterocycles. The van der Waals surface area contributed by atoms with Gasteiger partial charge in [0.05, 0.1) is 12.8 Å². The summed E-state index contributed by atoms with van der Waals surface area (Å²) in [5.74, 6) is 1.64. The van der Waals surface area contributed by atoms with Crippen LogP contribution in [0.3, 0.4) is 0 Å². The highest BCUT2D eigenvalue weighted by atomic mass is 16.5. The summed E-state index contributed by atoms with van der Waals surface area (Å²) in [6.07, 6.45) is 5.35. The smallest absolute Gasteiger partial charge is 0.122 e. The molecule has 0 bridgehead atoms. The number of benzene rings is 1. The Labute approximate surface area is 118 Å². The van der Waals surface area contributed by atoms with Crippen LogP contribution in [-0.4, -0.2) is 29.9 Å². The number of nitrogens with one attached hydrogen (secondary N) is 2. The van der Waals surface area contributed by atoms with Gasteiger partial charge in [0.15, 0.2) is 0 Å². The Balaban J connectivity index is 1.70. The molecule has 0 unspecified atom stereocenters. The lowest BCUT2D eigenvalue weighted by molar-refractivity contribution is 0.357. The zero-order chi connectivity index (χ0) is 13.4. The summed E-state index contributed by atoms with van der Waals surface area (Å²) >= 11 is 0. The molecule has 2 aliphatic rings. The fourth-order valence-corrected chi connectivity index (χ4v) is 3.30. The first kappa shape index (κ1) is 12.0. The Hall–Kier alpha value is -1.81. The molecule has 1 saturated heterocycles. The van der Waals surface area contributed by atoms with Crippen LogP contribution in [0.1, 0.15) is 30.0 Å². The molecule has 2 aromatic rings. The monoisotopic (exact) mass is 269 g/mol. The molecule has 0 saturated carbocycles. The fourth-order valence-electron chi connectivity index (χ4n) is 3.30. The van der Waals surface area contributed by atoms with Gasteiger partial charge in [0.25, 0.3) is 0 Å². The Morgan fingerprint density at radius 1 is 1.20 bits per heavy atom. The highest BCUT2D eigenvalue weighted by Gasteiger charge is 2.21. The van der Waals surface area contributed by atoms with E-state index in [1.807, 2.05) is 6.20 Å². The number of H-pyrrole nitrogens is 1. The van der Waals surface area contributed by atoms with Crippen LogP contribution in [0.25, 0.3) is 11.1 Å². The van der Waals surface area contributed by atoms with Gasteiger partial charge in [0, 0.05) is 23.6 Å². The van der Waals surface area contributed by atoms with Crippen molar-refractivity contribution < 1.29 is 4.74 Å². The summed E-state index contributed by atoms with van der Waals surface area (Å²) in [7, 11) is 0. The highest BCUT2D eigenvalue weighted by Crippen LogP contribution is 2.35. The van der Waals surface area contributed by atoms with Gasteiger partial charge in [-0.25, -0.2) is 0 Å². The van der Waals surface area contributed by atoms with Gasteiger partial charge in [0.1, 0.15) is 5.75 Å². The molecule has 1 aromatic heterocycles. The van der Waals surface area contributed by atoms with Crippen LogP contribution in [0.4, 0.5) is 0 Å². The number of aromatic amines is 1. The Morgan fingerprint density at radius 3 is 3.00 bits per heavy atom. The van der Waals surface area contributed by atoms with Crippen LogP contribution in [0.5, 0.6) is 5.75 Å². The Morgan fingerprint density at radius 2 is 2.10 bits per heavy atom. The SMILES string of the molecule is c1cc2c(cc1-c1cn[nH]c1C1CCNCC1)CCO2. The van der Waals surface area contributed by atoms with E-state index in [0.717, 1.165) is 31.9 Å². The highest BCUT2D eigenvalue weighted by molar-refractivity contribution is 5.68. The number of hydrogen-bond donors (Lipinski definition) is 2. The van der Waals surface area contributed by atoms with E-state index >= 15 is 0 Å². The van der Waals surface area contributed by atoms with Crippen molar-refractivity contribution in [1.29, 1.82) is 0 Å². The zero-order valence-electron chi connectivity index (χ0n) is 11.5. The van der Waals surface area contributed by atoms with Gasteiger partial charge >= 0.3 is 0 Å². The summed E-state index contributed by atoms with van der Waals surface area (Å²) in [4.78, 5) is 0. The summed E-state index contributed by atoms with van der Waals surface area (Å²) < 4.78 is 5.59. The van der Waals surface area contributed by atoms with Crippen LogP contribution in [-0.2, 0) is 6.42 Å². The summed E-state index contributed by atoms with van der Waals surface area (Å²) in [6, 6.07) is 6.51. The third-order valence-electron chi connectivity index (χ3n) is 4.42. The van der Waals surface area contributed by atoms with Gasteiger partial charge in [-0.3, -0.25) is 5.10 Å². The number of ether oxygens (including phenoxy) is 1. The van der Waals surface area contributed by atoms with E-state index in [2.05, 4.69) is 33.7 Å². The summed E-state index contributed by atoms with van der Waals surface area (Å²) in [6.45, 7) is 3.01. The van der Waals surface area contributed by atoms with Crippen molar-refractivity contribution in [2.75, 3.05) is 19.7 Å². The number of fused-ring (bicyclic) bond motifs is 1. The standard InChI is InChI=1S/C16H19N3O/c1-2-15-13(5-8-20-15)9-12(1)14-10-18-19-16(14)11-3-6-17-7-4-11/h1-2,9-11,17H,3-8H2,(H,18,19). The second-order valence-corrected chi connectivity index (χ2v) is 5.64. The molecule has 0 spiro atoms. The molecular weight excluding hydrogens is 250 g/mol. The number of rotatable bonds is 2. The lowest BCUT2D eigenvalue weighted by atomic mass is 9.90. The molecular formula is C16H19N3O. The topological polar surface area (TPSA) is 49.9 Å². The molecule has 2 aliphatic heterocycles. The van der Waals surface area contributed by atoms with Crippen molar-refractivity contribution in [3.8, 4) is 16.9 Å². The average molecular weight is 269 g/mol. The fraction of sp³-hybridized carbons (Fsp3) is 0.438. The number of piperidine rings is 1. The number of hydrogen-bond acceptors (Lipinski definition) is 3. The minimum absolute atomic E-state index is 0.596. The first-order valence-corrected chi connectivity index (χ1v) is 7.42. The average Bonchev–Trinajstić information content (AvgIpc) is 3.16. The van der Waals surface area contributed by atoms with E-state index in [-0.39, 0.29) is 0 Å². The molecule has 20 heavy (non-hydrogen) atoms. The Bertz CT molecular complexity index is 614. The largest absolute Gasteiger partial charge is 0.493 e. The third-order valence-corrected chi connectivity index (χ3v) is 4.42. The van der Waals surface area contributed by atoms with Crippen molar-refractivity contribution in [2.45, 2.75) is 25.2 Å². The molecule has 0 atom stereocenters. The van der Waals surface area contributed by atoms with Gasteiger partial charge < -0.3 is 10.1 Å². The predicted molar refractivity (Wildman–Crippen MR) is 78.1 cm³/mol. The zero-order valence-corrected chi connectivity index (χ0v) is 11.5. The van der Waals surface area contributed by atoms with E-state index in [0.29, 0.717) is 5.92 Å². The molecule has 1 fully saturated rings. The van der Waals surface area contributed by atoms with Gasteiger partial charge in [-0.1, -0.05) is 6.07 Å². The molecule has 1 aromatic carbocycles. The van der Waals surface area contributed by atoms with Crippen LogP contribution < -0.4 is 10.1 Å². The maximum atomic E-state index is 5.59. The first-order valence-electron chi connectivity index (χ1n) is 7.42. The molecule has 4 nitrogen and oxygen atoms in total. The maximum Gasteiger partial charge on any atom is 0.122 e. The van der Waals surface area contributed by atoms with E-state index in [9.17, 15) is 0 Å². The van der Waals surface area contributed by atoms with Gasteiger partial charge in [-0.15, -0.1) is 0 Å². The van der Waals surface area contributed by atoms with Gasteiger partial charge in [-0.05, 0) is 49.2 Å². The van der Waals surface area contributed by atoms with Crippen molar-refractivity contribution >= 4 is 0 Å². The molecule has 4 heteroatoms. The van der Waals surface area contributed by atoms with E-state index in [1.165, 1.54) is 35.2 Å². The molecule has 0 radical (unpaired) electrons.